The molecule has 0 bridgehead atoms. The molecule has 5 heteroatoms. The first kappa shape index (κ1) is 17.9. The monoisotopic (exact) mass is 314 g/mol. The van der Waals surface area contributed by atoms with Gasteiger partial charge < -0.3 is 10.2 Å². The highest BCUT2D eigenvalue weighted by molar-refractivity contribution is 5.85. The lowest BCUT2D eigenvalue weighted by Gasteiger charge is -2.27. The molecule has 2 unspecified atom stereocenters. The first-order chi connectivity index (χ1) is 9.63. The molecule has 1 heterocycles. The van der Waals surface area contributed by atoms with Crippen molar-refractivity contribution in [2.75, 3.05) is 20.1 Å². The van der Waals surface area contributed by atoms with E-state index in [1.54, 1.807) is 12.1 Å². The maximum absolute atomic E-state index is 13.7. The molecule has 0 aromatic heterocycles. The lowest BCUT2D eigenvalue weighted by molar-refractivity contribution is -0.135. The van der Waals surface area contributed by atoms with E-state index in [9.17, 15) is 9.18 Å². The molecule has 118 valence electrons. The van der Waals surface area contributed by atoms with Gasteiger partial charge in [-0.25, -0.2) is 4.39 Å². The summed E-state index contributed by atoms with van der Waals surface area (Å²) in [4.78, 5) is 14.5. The van der Waals surface area contributed by atoms with E-state index in [1.165, 1.54) is 6.07 Å². The Labute approximate surface area is 132 Å². The second-order valence-corrected chi connectivity index (χ2v) is 5.58. The van der Waals surface area contributed by atoms with Crippen molar-refractivity contribution >= 4 is 18.3 Å². The van der Waals surface area contributed by atoms with Crippen LogP contribution in [0.2, 0.25) is 0 Å². The fourth-order valence-electron chi connectivity index (χ4n) is 2.94. The van der Waals surface area contributed by atoms with Gasteiger partial charge in [-0.2, -0.15) is 0 Å². The van der Waals surface area contributed by atoms with Crippen molar-refractivity contribution < 1.29 is 9.18 Å². The van der Waals surface area contributed by atoms with Gasteiger partial charge in [0.15, 0.2) is 0 Å². The topological polar surface area (TPSA) is 32.3 Å². The van der Waals surface area contributed by atoms with Crippen molar-refractivity contribution in [1.29, 1.82) is 0 Å². The molecule has 1 N–H and O–H groups in total. The quantitative estimate of drug-likeness (QED) is 0.906. The molecule has 21 heavy (non-hydrogen) atoms. The summed E-state index contributed by atoms with van der Waals surface area (Å²) < 4.78 is 13.7. The van der Waals surface area contributed by atoms with Crippen LogP contribution in [0, 0.1) is 11.7 Å². The Kier molecular flexibility index (Phi) is 7.12. The minimum Gasteiger partial charge on any atom is -0.338 e. The number of benzene rings is 1. The number of likely N-dealkylation sites (tertiary alicyclic amines) is 1. The minimum absolute atomic E-state index is 0. The Morgan fingerprint density at radius 3 is 2.86 bits per heavy atom. The van der Waals surface area contributed by atoms with Crippen molar-refractivity contribution in [3.8, 4) is 0 Å². The van der Waals surface area contributed by atoms with E-state index in [0.29, 0.717) is 12.0 Å². The van der Waals surface area contributed by atoms with Crippen LogP contribution in [0.1, 0.15) is 25.3 Å². The molecular weight excluding hydrogens is 291 g/mol. The zero-order valence-electron chi connectivity index (χ0n) is 12.6. The average molecular weight is 315 g/mol. The fraction of sp³-hybridized carbons (Fsp3) is 0.562. The number of nitrogens with one attached hydrogen (secondary N) is 1. The molecule has 2 rings (SSSR count). The second kappa shape index (κ2) is 8.35. The fourth-order valence-corrected chi connectivity index (χ4v) is 2.94. The van der Waals surface area contributed by atoms with Crippen LogP contribution in [-0.2, 0) is 11.2 Å². The molecule has 1 saturated heterocycles. The molecule has 1 aliphatic heterocycles. The van der Waals surface area contributed by atoms with E-state index in [1.807, 2.05) is 24.9 Å². The van der Waals surface area contributed by atoms with Crippen LogP contribution in [0.25, 0.3) is 0 Å². The molecule has 3 nitrogen and oxygen atoms in total. The minimum atomic E-state index is -0.222. The molecule has 1 aromatic carbocycles. The lowest BCUT2D eigenvalue weighted by Crippen LogP contribution is -2.43. The summed E-state index contributed by atoms with van der Waals surface area (Å²) in [6.45, 7) is 3.55. The molecule has 0 saturated carbocycles. The number of carbonyl (C=O) groups is 1. The van der Waals surface area contributed by atoms with E-state index < -0.39 is 0 Å². The summed E-state index contributed by atoms with van der Waals surface area (Å²) in [5.41, 5.74) is 0.623. The maximum Gasteiger partial charge on any atom is 0.226 e. The van der Waals surface area contributed by atoms with Gasteiger partial charge in [-0.3, -0.25) is 4.79 Å². The van der Waals surface area contributed by atoms with E-state index in [-0.39, 0.29) is 36.1 Å². The number of carbonyl (C=O) groups excluding carboxylic acids is 1. The number of halogens is 2. The molecule has 1 amide bonds. The van der Waals surface area contributed by atoms with E-state index in [2.05, 4.69) is 5.32 Å². The van der Waals surface area contributed by atoms with Crippen LogP contribution in [-0.4, -0.2) is 37.0 Å². The van der Waals surface area contributed by atoms with Gasteiger partial charge in [0.25, 0.3) is 0 Å². The van der Waals surface area contributed by atoms with Crippen molar-refractivity contribution in [3.05, 3.63) is 35.6 Å². The summed E-state index contributed by atoms with van der Waals surface area (Å²) >= 11 is 0. The summed E-state index contributed by atoms with van der Waals surface area (Å²) in [6, 6.07) is 6.99. The van der Waals surface area contributed by atoms with Gasteiger partial charge in [0.2, 0.25) is 5.91 Å². The van der Waals surface area contributed by atoms with Crippen LogP contribution >= 0.6 is 12.4 Å². The number of hydrogen-bond donors (Lipinski definition) is 1. The third-order valence-corrected chi connectivity index (χ3v) is 4.01. The van der Waals surface area contributed by atoms with Crippen LogP contribution < -0.4 is 5.32 Å². The normalized spacial score (nSPS) is 19.2. The van der Waals surface area contributed by atoms with E-state index >= 15 is 0 Å². The Hall–Kier alpha value is -1.13. The van der Waals surface area contributed by atoms with Crippen molar-refractivity contribution in [1.82, 2.24) is 10.2 Å². The number of rotatable bonds is 5. The van der Waals surface area contributed by atoms with Crippen LogP contribution in [0.4, 0.5) is 4.39 Å². The Morgan fingerprint density at radius 1 is 1.48 bits per heavy atom. The van der Waals surface area contributed by atoms with Gasteiger partial charge in [0.05, 0.1) is 0 Å². The Morgan fingerprint density at radius 2 is 2.19 bits per heavy atom. The SMILES string of the molecule is CNCC1CCCN1C(=O)C(C)Cc1ccccc1F.Cl. The lowest BCUT2D eigenvalue weighted by atomic mass is 9.99. The van der Waals surface area contributed by atoms with Gasteiger partial charge in [0, 0.05) is 25.0 Å². The van der Waals surface area contributed by atoms with E-state index in [4.69, 9.17) is 0 Å². The molecule has 1 fully saturated rings. The van der Waals surface area contributed by atoms with Gasteiger partial charge in [-0.1, -0.05) is 25.1 Å². The van der Waals surface area contributed by atoms with E-state index in [0.717, 1.165) is 25.9 Å². The smallest absolute Gasteiger partial charge is 0.226 e. The molecule has 0 aliphatic carbocycles. The summed E-state index contributed by atoms with van der Waals surface area (Å²) in [7, 11) is 1.91. The largest absolute Gasteiger partial charge is 0.338 e. The maximum atomic E-state index is 13.7. The summed E-state index contributed by atoms with van der Waals surface area (Å²) in [5.74, 6) is -0.254. The number of likely N-dealkylation sites (N-methyl/N-ethyl adjacent to an activating group) is 1. The second-order valence-electron chi connectivity index (χ2n) is 5.58. The zero-order valence-corrected chi connectivity index (χ0v) is 13.5. The van der Waals surface area contributed by atoms with Crippen molar-refractivity contribution in [2.45, 2.75) is 32.2 Å². The molecule has 1 aliphatic rings. The first-order valence-electron chi connectivity index (χ1n) is 7.32. The highest BCUT2D eigenvalue weighted by Crippen LogP contribution is 2.21. The summed E-state index contributed by atoms with van der Waals surface area (Å²) in [5, 5.41) is 3.14. The van der Waals surface area contributed by atoms with Crippen molar-refractivity contribution in [2.24, 2.45) is 5.92 Å². The molecule has 0 spiro atoms. The predicted molar refractivity (Wildman–Crippen MR) is 85.2 cm³/mol. The highest BCUT2D eigenvalue weighted by Gasteiger charge is 2.30. The number of hydrogen-bond acceptors (Lipinski definition) is 2. The third kappa shape index (κ3) is 4.42. The Bertz CT molecular complexity index is 469. The third-order valence-electron chi connectivity index (χ3n) is 4.01. The molecule has 1 aromatic rings. The highest BCUT2D eigenvalue weighted by atomic mass is 35.5. The molecule has 0 radical (unpaired) electrons. The van der Waals surface area contributed by atoms with Gasteiger partial charge in [-0.15, -0.1) is 12.4 Å². The number of amides is 1. The molecule has 2 atom stereocenters. The predicted octanol–water partition coefficient (Wildman–Crippen LogP) is 2.64. The Balaban J connectivity index is 0.00000220. The standard InChI is InChI=1S/C16H23FN2O.ClH/c1-12(10-13-6-3-4-8-15(13)17)16(20)19-9-5-7-14(19)11-18-2;/h3-4,6,8,12,14,18H,5,7,9-11H2,1-2H3;1H. The van der Waals surface area contributed by atoms with Gasteiger partial charge in [-0.05, 0) is 37.9 Å². The van der Waals surface area contributed by atoms with Crippen LogP contribution in [0.3, 0.4) is 0 Å². The number of nitrogens with zero attached hydrogens (tertiary/aromatic N) is 1. The van der Waals surface area contributed by atoms with Gasteiger partial charge in [0.1, 0.15) is 5.82 Å². The van der Waals surface area contributed by atoms with Crippen molar-refractivity contribution in [3.63, 3.8) is 0 Å². The first-order valence-corrected chi connectivity index (χ1v) is 7.32. The van der Waals surface area contributed by atoms with Crippen LogP contribution in [0.15, 0.2) is 24.3 Å². The zero-order chi connectivity index (χ0) is 14.5. The van der Waals surface area contributed by atoms with Crippen LogP contribution in [0.5, 0.6) is 0 Å². The van der Waals surface area contributed by atoms with Gasteiger partial charge >= 0.3 is 0 Å². The average Bonchev–Trinajstić information content (AvgIpc) is 2.89. The summed E-state index contributed by atoms with van der Waals surface area (Å²) in [6.07, 6.45) is 2.58. The molecular formula is C16H24ClFN2O.